The molecule has 8 heteroatoms. The Morgan fingerprint density at radius 3 is 2.93 bits per heavy atom. The SMILES string of the molecule is CC(C(=O)N(Cc1cccc(Br)c1)C1CC1)n1c(-c2cccs2)n[nH]c1=S. The van der Waals surface area contributed by atoms with Crippen molar-refractivity contribution >= 4 is 45.4 Å². The summed E-state index contributed by atoms with van der Waals surface area (Å²) >= 11 is 10.5. The Bertz CT molecular complexity index is 1010. The molecule has 2 aromatic heterocycles. The lowest BCUT2D eigenvalue weighted by atomic mass is 10.2. The summed E-state index contributed by atoms with van der Waals surface area (Å²) < 4.78 is 3.32. The molecule has 2 heterocycles. The number of aromatic nitrogens is 3. The van der Waals surface area contributed by atoms with Crippen molar-refractivity contribution in [2.45, 2.75) is 38.4 Å². The monoisotopic (exact) mass is 462 g/mol. The molecule has 1 saturated carbocycles. The molecule has 140 valence electrons. The molecule has 0 radical (unpaired) electrons. The van der Waals surface area contributed by atoms with Crippen LogP contribution in [-0.4, -0.2) is 31.6 Å². The van der Waals surface area contributed by atoms with Gasteiger partial charge in [-0.2, -0.15) is 5.10 Å². The Morgan fingerprint density at radius 2 is 2.26 bits per heavy atom. The molecule has 4 rings (SSSR count). The smallest absolute Gasteiger partial charge is 0.246 e. The van der Waals surface area contributed by atoms with Crippen LogP contribution in [0.4, 0.5) is 0 Å². The molecule has 1 atom stereocenters. The van der Waals surface area contributed by atoms with Crippen molar-refractivity contribution in [3.05, 3.63) is 56.6 Å². The fourth-order valence-corrected chi connectivity index (χ4v) is 4.65. The van der Waals surface area contributed by atoms with Gasteiger partial charge in [0.25, 0.3) is 0 Å². The van der Waals surface area contributed by atoms with E-state index >= 15 is 0 Å². The van der Waals surface area contributed by atoms with Gasteiger partial charge in [-0.25, -0.2) is 0 Å². The summed E-state index contributed by atoms with van der Waals surface area (Å²) in [4.78, 5) is 16.4. The Morgan fingerprint density at radius 1 is 1.44 bits per heavy atom. The van der Waals surface area contributed by atoms with Crippen molar-refractivity contribution in [3.63, 3.8) is 0 Å². The van der Waals surface area contributed by atoms with Crippen LogP contribution in [0.5, 0.6) is 0 Å². The van der Waals surface area contributed by atoms with E-state index in [9.17, 15) is 4.79 Å². The molecule has 1 amide bonds. The molecular weight excluding hydrogens is 444 g/mol. The molecule has 1 N–H and O–H groups in total. The average molecular weight is 463 g/mol. The molecule has 27 heavy (non-hydrogen) atoms. The fourth-order valence-electron chi connectivity index (χ4n) is 3.20. The second-order valence-corrected chi connectivity index (χ2v) is 8.95. The highest BCUT2D eigenvalue weighted by molar-refractivity contribution is 9.10. The fraction of sp³-hybridized carbons (Fsp3) is 0.316. The number of rotatable bonds is 6. The molecule has 1 unspecified atom stereocenters. The molecule has 1 fully saturated rings. The predicted molar refractivity (Wildman–Crippen MR) is 113 cm³/mol. The second kappa shape index (κ2) is 7.69. The molecule has 0 bridgehead atoms. The third-order valence-corrected chi connectivity index (χ3v) is 6.35. The van der Waals surface area contributed by atoms with E-state index < -0.39 is 6.04 Å². The van der Waals surface area contributed by atoms with E-state index in [4.69, 9.17) is 12.2 Å². The molecule has 1 aliphatic rings. The highest BCUT2D eigenvalue weighted by Crippen LogP contribution is 2.32. The molecule has 5 nitrogen and oxygen atoms in total. The largest absolute Gasteiger partial charge is 0.334 e. The summed E-state index contributed by atoms with van der Waals surface area (Å²) in [7, 11) is 0. The van der Waals surface area contributed by atoms with Gasteiger partial charge in [0.15, 0.2) is 10.6 Å². The number of aromatic amines is 1. The van der Waals surface area contributed by atoms with E-state index in [1.54, 1.807) is 11.3 Å². The zero-order chi connectivity index (χ0) is 19.0. The Kier molecular flexibility index (Phi) is 5.29. The van der Waals surface area contributed by atoms with Gasteiger partial charge >= 0.3 is 0 Å². The first-order valence-corrected chi connectivity index (χ1v) is 10.9. The molecule has 0 aliphatic heterocycles. The third-order valence-electron chi connectivity index (χ3n) is 4.70. The average Bonchev–Trinajstić information content (AvgIpc) is 3.20. The number of amides is 1. The quantitative estimate of drug-likeness (QED) is 0.513. The van der Waals surface area contributed by atoms with E-state index in [2.05, 4.69) is 38.3 Å². The van der Waals surface area contributed by atoms with Gasteiger partial charge in [0.05, 0.1) is 4.88 Å². The predicted octanol–water partition coefficient (Wildman–Crippen LogP) is 5.18. The minimum absolute atomic E-state index is 0.0766. The first-order valence-electron chi connectivity index (χ1n) is 8.80. The van der Waals surface area contributed by atoms with Crippen LogP contribution in [0.25, 0.3) is 10.7 Å². The van der Waals surface area contributed by atoms with Crippen molar-refractivity contribution in [3.8, 4) is 10.7 Å². The van der Waals surface area contributed by atoms with Crippen LogP contribution in [0.3, 0.4) is 0 Å². The number of thiophene rings is 1. The maximum Gasteiger partial charge on any atom is 0.246 e. The number of H-pyrrole nitrogens is 1. The summed E-state index contributed by atoms with van der Waals surface area (Å²) in [6.45, 7) is 2.51. The normalized spacial score (nSPS) is 14.9. The number of hydrogen-bond acceptors (Lipinski definition) is 4. The minimum atomic E-state index is -0.416. The first kappa shape index (κ1) is 18.6. The topological polar surface area (TPSA) is 53.9 Å². The third kappa shape index (κ3) is 3.93. The summed E-state index contributed by atoms with van der Waals surface area (Å²) in [5.41, 5.74) is 1.12. The number of benzene rings is 1. The molecule has 1 aliphatic carbocycles. The van der Waals surface area contributed by atoms with Crippen LogP contribution in [0.15, 0.2) is 46.3 Å². The lowest BCUT2D eigenvalue weighted by molar-refractivity contribution is -0.135. The molecule has 0 saturated heterocycles. The summed E-state index contributed by atoms with van der Waals surface area (Å²) in [6.07, 6.45) is 2.11. The van der Waals surface area contributed by atoms with Gasteiger partial charge in [0.1, 0.15) is 6.04 Å². The van der Waals surface area contributed by atoms with Crippen molar-refractivity contribution < 1.29 is 4.79 Å². The first-order chi connectivity index (χ1) is 13.0. The lowest BCUT2D eigenvalue weighted by Crippen LogP contribution is -2.37. The molecular formula is C19H19BrN4OS2. The molecule has 0 spiro atoms. The number of halogens is 1. The summed E-state index contributed by atoms with van der Waals surface area (Å²) in [6, 6.07) is 12.0. The number of nitrogens with one attached hydrogen (secondary N) is 1. The van der Waals surface area contributed by atoms with Gasteiger partial charge in [-0.15, -0.1) is 11.3 Å². The second-order valence-electron chi connectivity index (χ2n) is 6.70. The van der Waals surface area contributed by atoms with Gasteiger partial charge < -0.3 is 4.90 Å². The Balaban J connectivity index is 1.63. The number of carbonyl (C=O) groups excluding carboxylic acids is 1. The van der Waals surface area contributed by atoms with Crippen LogP contribution >= 0.6 is 39.5 Å². The van der Waals surface area contributed by atoms with Crippen LogP contribution in [0.2, 0.25) is 0 Å². The van der Waals surface area contributed by atoms with Crippen LogP contribution in [0.1, 0.15) is 31.4 Å². The zero-order valence-corrected chi connectivity index (χ0v) is 18.0. The Hall–Kier alpha value is -1.77. The van der Waals surface area contributed by atoms with Gasteiger partial charge in [-0.3, -0.25) is 14.5 Å². The van der Waals surface area contributed by atoms with Crippen LogP contribution in [0, 0.1) is 4.77 Å². The van der Waals surface area contributed by atoms with E-state index in [0.717, 1.165) is 27.8 Å². The highest BCUT2D eigenvalue weighted by atomic mass is 79.9. The van der Waals surface area contributed by atoms with Crippen molar-refractivity contribution in [1.29, 1.82) is 0 Å². The maximum absolute atomic E-state index is 13.4. The van der Waals surface area contributed by atoms with Crippen LogP contribution < -0.4 is 0 Å². The van der Waals surface area contributed by atoms with E-state index in [-0.39, 0.29) is 5.91 Å². The summed E-state index contributed by atoms with van der Waals surface area (Å²) in [5, 5.41) is 9.20. The van der Waals surface area contributed by atoms with Gasteiger partial charge in [-0.05, 0) is 61.1 Å². The highest BCUT2D eigenvalue weighted by Gasteiger charge is 2.36. The van der Waals surface area contributed by atoms with Gasteiger partial charge in [-0.1, -0.05) is 34.1 Å². The van der Waals surface area contributed by atoms with Gasteiger partial charge in [0, 0.05) is 17.1 Å². The minimum Gasteiger partial charge on any atom is -0.334 e. The number of carbonyl (C=O) groups is 1. The number of nitrogens with zero attached hydrogens (tertiary/aromatic N) is 3. The Labute approximate surface area is 175 Å². The van der Waals surface area contributed by atoms with Crippen molar-refractivity contribution in [2.75, 3.05) is 0 Å². The van der Waals surface area contributed by atoms with Crippen molar-refractivity contribution in [1.82, 2.24) is 19.7 Å². The molecule has 3 aromatic rings. The van der Waals surface area contributed by atoms with Crippen molar-refractivity contribution in [2.24, 2.45) is 0 Å². The van der Waals surface area contributed by atoms with E-state index in [0.29, 0.717) is 23.2 Å². The zero-order valence-electron chi connectivity index (χ0n) is 14.8. The van der Waals surface area contributed by atoms with E-state index in [1.807, 2.05) is 46.0 Å². The van der Waals surface area contributed by atoms with E-state index in [1.165, 1.54) is 0 Å². The molecule has 1 aromatic carbocycles. The summed E-state index contributed by atoms with van der Waals surface area (Å²) in [5.74, 6) is 0.793. The maximum atomic E-state index is 13.4. The van der Waals surface area contributed by atoms with Crippen LogP contribution in [-0.2, 0) is 11.3 Å². The lowest BCUT2D eigenvalue weighted by Gasteiger charge is -2.27. The van der Waals surface area contributed by atoms with Gasteiger partial charge in [0.2, 0.25) is 5.91 Å². The standard InChI is InChI=1S/C19H19BrN4OS2/c1-12(24-17(21-22-19(24)26)16-6-3-9-27-16)18(25)23(15-7-8-15)11-13-4-2-5-14(20)10-13/h2-6,9-10,12,15H,7-8,11H2,1H3,(H,22,26). The number of hydrogen-bond donors (Lipinski definition) is 1.